The van der Waals surface area contributed by atoms with Gasteiger partial charge in [-0.3, -0.25) is 14.7 Å². The number of likely N-dealkylation sites (tertiary alicyclic amines) is 1. The lowest BCUT2D eigenvalue weighted by Gasteiger charge is -2.33. The number of guanidine groups is 1. The fraction of sp³-hybridized carbons (Fsp3) is 0.600. The van der Waals surface area contributed by atoms with E-state index in [4.69, 9.17) is 0 Å². The van der Waals surface area contributed by atoms with Crippen LogP contribution in [0.25, 0.3) is 0 Å². The molecule has 0 saturated carbocycles. The predicted molar refractivity (Wildman–Crippen MR) is 123 cm³/mol. The number of halogens is 1. The Balaban J connectivity index is 0.00000364. The molecule has 1 heterocycles. The Kier molecular flexibility index (Phi) is 11.3. The molecule has 1 aliphatic heterocycles. The van der Waals surface area contributed by atoms with Crippen LogP contribution >= 0.6 is 24.0 Å². The summed E-state index contributed by atoms with van der Waals surface area (Å²) in [6.07, 6.45) is 4.82. The quantitative estimate of drug-likeness (QED) is 0.314. The Morgan fingerprint density at radius 3 is 2.74 bits per heavy atom. The number of nitrogens with zero attached hydrogens (tertiary/aromatic N) is 2. The zero-order valence-corrected chi connectivity index (χ0v) is 19.1. The third-order valence-electron chi connectivity index (χ3n) is 4.98. The first-order valence-electron chi connectivity index (χ1n) is 9.63. The molecular weight excluding hydrogens is 453 g/mol. The molecule has 1 amide bonds. The second-order valence-electron chi connectivity index (χ2n) is 6.84. The van der Waals surface area contributed by atoms with E-state index in [-0.39, 0.29) is 29.9 Å². The molecule has 152 valence electrons. The maximum atomic E-state index is 11.7. The number of amides is 1. The van der Waals surface area contributed by atoms with Gasteiger partial charge in [-0.25, -0.2) is 0 Å². The maximum absolute atomic E-state index is 11.7. The second-order valence-corrected chi connectivity index (χ2v) is 6.84. The number of carbonyl (C=O) groups excluding carboxylic acids is 1. The monoisotopic (exact) mass is 487 g/mol. The van der Waals surface area contributed by atoms with Crippen LogP contribution in [0.5, 0.6) is 0 Å². The van der Waals surface area contributed by atoms with E-state index in [0.29, 0.717) is 11.6 Å². The summed E-state index contributed by atoms with van der Waals surface area (Å²) in [6.45, 7) is 6.25. The summed E-state index contributed by atoms with van der Waals surface area (Å²) < 4.78 is 0. The van der Waals surface area contributed by atoms with Gasteiger partial charge in [-0.2, -0.15) is 0 Å². The molecule has 0 aliphatic carbocycles. The van der Waals surface area contributed by atoms with Crippen LogP contribution in [0.15, 0.2) is 29.3 Å². The van der Waals surface area contributed by atoms with E-state index < -0.39 is 0 Å². The third kappa shape index (κ3) is 8.04. The largest absolute Gasteiger partial charge is 0.356 e. The number of rotatable bonds is 7. The number of benzene rings is 1. The maximum Gasteiger partial charge on any atom is 0.251 e. The van der Waals surface area contributed by atoms with Gasteiger partial charge in [-0.15, -0.1) is 24.0 Å². The summed E-state index contributed by atoms with van der Waals surface area (Å²) in [5.74, 6) is 0.779. The van der Waals surface area contributed by atoms with Crippen LogP contribution in [-0.2, 0) is 6.42 Å². The van der Waals surface area contributed by atoms with Crippen LogP contribution in [0.4, 0.5) is 0 Å². The van der Waals surface area contributed by atoms with Gasteiger partial charge >= 0.3 is 0 Å². The zero-order valence-electron chi connectivity index (χ0n) is 16.8. The second kappa shape index (κ2) is 12.9. The van der Waals surface area contributed by atoms with E-state index in [2.05, 4.69) is 32.8 Å². The Morgan fingerprint density at radius 2 is 2.04 bits per heavy atom. The van der Waals surface area contributed by atoms with Crippen molar-refractivity contribution in [3.05, 3.63) is 35.4 Å². The molecule has 1 atom stereocenters. The van der Waals surface area contributed by atoms with Crippen molar-refractivity contribution in [2.45, 2.75) is 38.6 Å². The van der Waals surface area contributed by atoms with Crippen LogP contribution in [-0.4, -0.2) is 63.1 Å². The Hall–Kier alpha value is -1.35. The summed E-state index contributed by atoms with van der Waals surface area (Å²) in [4.78, 5) is 18.5. The number of aliphatic imine (C=N–C) groups is 1. The van der Waals surface area contributed by atoms with Gasteiger partial charge in [0.15, 0.2) is 5.96 Å². The molecule has 3 N–H and O–H groups in total. The summed E-state index contributed by atoms with van der Waals surface area (Å²) in [7, 11) is 3.45. The lowest BCUT2D eigenvalue weighted by atomic mass is 10.0. The molecule has 1 aromatic carbocycles. The van der Waals surface area contributed by atoms with Crippen molar-refractivity contribution in [2.24, 2.45) is 4.99 Å². The molecule has 1 saturated heterocycles. The van der Waals surface area contributed by atoms with Crippen LogP contribution in [0.1, 0.15) is 42.1 Å². The normalized spacial score (nSPS) is 17.7. The van der Waals surface area contributed by atoms with Crippen LogP contribution in [0, 0.1) is 0 Å². The lowest BCUT2D eigenvalue weighted by Crippen LogP contribution is -2.45. The highest BCUT2D eigenvalue weighted by Crippen LogP contribution is 2.15. The van der Waals surface area contributed by atoms with Crippen LogP contribution in [0.2, 0.25) is 0 Å². The lowest BCUT2D eigenvalue weighted by molar-refractivity contribution is 0.0963. The van der Waals surface area contributed by atoms with E-state index in [1.807, 2.05) is 24.3 Å². The van der Waals surface area contributed by atoms with Gasteiger partial charge in [0.25, 0.3) is 5.91 Å². The highest BCUT2D eigenvalue weighted by molar-refractivity contribution is 14.0. The molecule has 27 heavy (non-hydrogen) atoms. The minimum Gasteiger partial charge on any atom is -0.356 e. The Labute approximate surface area is 180 Å². The summed E-state index contributed by atoms with van der Waals surface area (Å²) >= 11 is 0. The fourth-order valence-electron chi connectivity index (χ4n) is 3.37. The standard InChI is InChI=1S/C20H33N5O.HI/c1-16-7-4-5-13-25(16)14-12-24-20(22-3)23-11-10-17-8-6-9-18(15-17)19(26)21-2;/h6,8-9,15-16H,4-5,7,10-14H2,1-3H3,(H,21,26)(H2,22,23,24);1H. The molecule has 1 fully saturated rings. The van der Waals surface area contributed by atoms with Crippen molar-refractivity contribution < 1.29 is 4.79 Å². The molecule has 2 rings (SSSR count). The number of hydrogen-bond acceptors (Lipinski definition) is 3. The summed E-state index contributed by atoms with van der Waals surface area (Å²) in [5, 5.41) is 9.40. The molecule has 1 aliphatic rings. The van der Waals surface area contributed by atoms with Crippen molar-refractivity contribution in [1.82, 2.24) is 20.9 Å². The number of piperidine rings is 1. The van der Waals surface area contributed by atoms with E-state index in [1.54, 1.807) is 14.1 Å². The van der Waals surface area contributed by atoms with Crippen molar-refractivity contribution in [1.29, 1.82) is 0 Å². The molecule has 0 aromatic heterocycles. The first-order valence-corrected chi connectivity index (χ1v) is 9.63. The van der Waals surface area contributed by atoms with Crippen molar-refractivity contribution in [2.75, 3.05) is 40.3 Å². The van der Waals surface area contributed by atoms with Gasteiger partial charge in [-0.1, -0.05) is 18.6 Å². The Bertz CT molecular complexity index is 608. The SMILES string of the molecule is CN=C(NCCc1cccc(C(=O)NC)c1)NCCN1CCCCC1C.I. The molecular formula is C20H34IN5O. The van der Waals surface area contributed by atoms with E-state index in [9.17, 15) is 4.79 Å². The predicted octanol–water partition coefficient (Wildman–Crippen LogP) is 2.25. The van der Waals surface area contributed by atoms with Crippen molar-refractivity contribution >= 4 is 35.8 Å². The number of carbonyl (C=O) groups is 1. The van der Waals surface area contributed by atoms with Gasteiger partial charge in [-0.05, 0) is 50.4 Å². The van der Waals surface area contributed by atoms with E-state index in [1.165, 1.54) is 25.8 Å². The van der Waals surface area contributed by atoms with Gasteiger partial charge in [0.1, 0.15) is 0 Å². The molecule has 0 radical (unpaired) electrons. The first-order chi connectivity index (χ1) is 12.6. The molecule has 0 spiro atoms. The molecule has 6 nitrogen and oxygen atoms in total. The van der Waals surface area contributed by atoms with Gasteiger partial charge in [0, 0.05) is 45.3 Å². The smallest absolute Gasteiger partial charge is 0.251 e. The average molecular weight is 487 g/mol. The van der Waals surface area contributed by atoms with Gasteiger partial charge in [0.2, 0.25) is 0 Å². The molecule has 1 unspecified atom stereocenters. The third-order valence-corrected chi connectivity index (χ3v) is 4.98. The number of hydrogen-bond donors (Lipinski definition) is 3. The molecule has 7 heteroatoms. The zero-order chi connectivity index (χ0) is 18.8. The summed E-state index contributed by atoms with van der Waals surface area (Å²) in [5.41, 5.74) is 1.83. The topological polar surface area (TPSA) is 68.8 Å². The molecule has 0 bridgehead atoms. The fourth-order valence-corrected chi connectivity index (χ4v) is 3.37. The van der Waals surface area contributed by atoms with Crippen LogP contribution < -0.4 is 16.0 Å². The highest BCUT2D eigenvalue weighted by Gasteiger charge is 2.17. The average Bonchev–Trinajstić information content (AvgIpc) is 2.67. The van der Waals surface area contributed by atoms with Crippen molar-refractivity contribution in [3.8, 4) is 0 Å². The minimum absolute atomic E-state index is 0. The summed E-state index contributed by atoms with van der Waals surface area (Å²) in [6, 6.07) is 8.43. The van der Waals surface area contributed by atoms with Crippen molar-refractivity contribution in [3.63, 3.8) is 0 Å². The minimum atomic E-state index is -0.0516. The molecule has 1 aromatic rings. The van der Waals surface area contributed by atoms with E-state index in [0.717, 1.165) is 37.6 Å². The highest BCUT2D eigenvalue weighted by atomic mass is 127. The van der Waals surface area contributed by atoms with Gasteiger partial charge in [0.05, 0.1) is 0 Å². The Morgan fingerprint density at radius 1 is 1.26 bits per heavy atom. The first kappa shape index (κ1) is 23.7. The van der Waals surface area contributed by atoms with Gasteiger partial charge < -0.3 is 16.0 Å². The van der Waals surface area contributed by atoms with Crippen LogP contribution in [0.3, 0.4) is 0 Å². The number of nitrogens with one attached hydrogen (secondary N) is 3. The van der Waals surface area contributed by atoms with E-state index >= 15 is 0 Å².